The van der Waals surface area contributed by atoms with Crippen LogP contribution >= 0.6 is 15.9 Å². The molecule has 0 heterocycles. The van der Waals surface area contributed by atoms with Gasteiger partial charge in [0.1, 0.15) is 5.60 Å². The molecular formula is C18H20BrNO3. The van der Waals surface area contributed by atoms with Gasteiger partial charge < -0.3 is 15.5 Å². The third kappa shape index (κ3) is 4.64. The highest BCUT2D eigenvalue weighted by molar-refractivity contribution is 9.10. The van der Waals surface area contributed by atoms with E-state index in [4.69, 9.17) is 5.11 Å². The molecule has 0 saturated heterocycles. The van der Waals surface area contributed by atoms with Crippen molar-refractivity contribution in [2.24, 2.45) is 0 Å². The third-order valence-corrected chi connectivity index (χ3v) is 4.42. The molecule has 23 heavy (non-hydrogen) atoms. The molecule has 4 nitrogen and oxygen atoms in total. The van der Waals surface area contributed by atoms with Crippen LogP contribution in [0.4, 0.5) is 0 Å². The zero-order chi connectivity index (χ0) is 16.9. The maximum atomic E-state index is 11.0. The smallest absolute Gasteiger partial charge is 0.335 e. The second-order valence-electron chi connectivity index (χ2n) is 5.50. The van der Waals surface area contributed by atoms with Crippen molar-refractivity contribution < 1.29 is 15.0 Å². The molecule has 0 aliphatic carbocycles. The van der Waals surface area contributed by atoms with Crippen LogP contribution in [0.2, 0.25) is 0 Å². The molecule has 0 aliphatic rings. The highest BCUT2D eigenvalue weighted by Crippen LogP contribution is 2.25. The van der Waals surface area contributed by atoms with Crippen LogP contribution in [0.15, 0.2) is 53.0 Å². The van der Waals surface area contributed by atoms with Gasteiger partial charge in [0.2, 0.25) is 0 Å². The molecule has 0 saturated carbocycles. The van der Waals surface area contributed by atoms with Crippen LogP contribution in [0.25, 0.3) is 0 Å². The predicted molar refractivity (Wildman–Crippen MR) is 93.4 cm³/mol. The van der Waals surface area contributed by atoms with Crippen molar-refractivity contribution in [3.05, 3.63) is 69.7 Å². The Labute approximate surface area is 144 Å². The Morgan fingerprint density at radius 1 is 1.22 bits per heavy atom. The lowest BCUT2D eigenvalue weighted by molar-refractivity contribution is 0.0323. The van der Waals surface area contributed by atoms with Crippen molar-refractivity contribution in [2.45, 2.75) is 25.5 Å². The molecule has 2 aromatic carbocycles. The lowest BCUT2D eigenvalue weighted by Gasteiger charge is -2.28. The Balaban J connectivity index is 2.02. The molecule has 0 aliphatic heterocycles. The average molecular weight is 378 g/mol. The minimum Gasteiger partial charge on any atom is -0.478 e. The lowest BCUT2D eigenvalue weighted by Crippen LogP contribution is -2.37. The molecule has 0 fully saturated rings. The minimum atomic E-state index is -0.953. The summed E-state index contributed by atoms with van der Waals surface area (Å²) < 4.78 is 0.971. The van der Waals surface area contributed by atoms with Crippen LogP contribution in [0.1, 0.15) is 34.8 Å². The van der Waals surface area contributed by atoms with E-state index in [9.17, 15) is 9.90 Å². The average Bonchev–Trinajstić information content (AvgIpc) is 2.55. The van der Waals surface area contributed by atoms with Crippen molar-refractivity contribution in [3.8, 4) is 0 Å². The third-order valence-electron chi connectivity index (χ3n) is 3.89. The van der Waals surface area contributed by atoms with Gasteiger partial charge in [-0.1, -0.05) is 47.1 Å². The number of rotatable bonds is 7. The van der Waals surface area contributed by atoms with Gasteiger partial charge in [0.15, 0.2) is 0 Å². The molecule has 0 spiro atoms. The predicted octanol–water partition coefficient (Wildman–Crippen LogP) is 3.53. The van der Waals surface area contributed by atoms with Crippen molar-refractivity contribution >= 4 is 21.9 Å². The molecule has 2 rings (SSSR count). The van der Waals surface area contributed by atoms with E-state index in [0.717, 1.165) is 15.6 Å². The number of carbonyl (C=O) groups is 1. The summed E-state index contributed by atoms with van der Waals surface area (Å²) >= 11 is 3.39. The first-order chi connectivity index (χ1) is 10.9. The van der Waals surface area contributed by atoms with E-state index < -0.39 is 11.6 Å². The summed E-state index contributed by atoms with van der Waals surface area (Å²) in [5.41, 5.74) is 1.04. The molecule has 0 bridgehead atoms. The van der Waals surface area contributed by atoms with Crippen LogP contribution in [0.3, 0.4) is 0 Å². The van der Waals surface area contributed by atoms with Gasteiger partial charge >= 0.3 is 5.97 Å². The van der Waals surface area contributed by atoms with E-state index in [1.807, 2.05) is 37.3 Å². The largest absolute Gasteiger partial charge is 0.478 e. The van der Waals surface area contributed by atoms with E-state index in [2.05, 4.69) is 21.2 Å². The molecule has 3 N–H and O–H groups in total. The van der Waals surface area contributed by atoms with Crippen LogP contribution in [-0.4, -0.2) is 22.7 Å². The summed E-state index contributed by atoms with van der Waals surface area (Å²) in [6.07, 6.45) is 0.580. The molecule has 2 aromatic rings. The molecule has 0 aromatic heterocycles. The van der Waals surface area contributed by atoms with Gasteiger partial charge in [-0.25, -0.2) is 4.79 Å². The Hall–Kier alpha value is -1.69. The summed E-state index contributed by atoms with van der Waals surface area (Å²) in [6.45, 7) is 2.83. The van der Waals surface area contributed by atoms with Crippen LogP contribution < -0.4 is 5.32 Å². The Morgan fingerprint density at radius 3 is 2.52 bits per heavy atom. The van der Waals surface area contributed by atoms with E-state index >= 15 is 0 Å². The SMILES string of the molecule is CCC(O)(CNCc1cccc(C(=O)O)c1)c1ccc(Br)cc1. The number of carboxylic acid groups (broad SMARTS) is 1. The molecule has 1 unspecified atom stereocenters. The Kier molecular flexibility index (Phi) is 5.93. The maximum Gasteiger partial charge on any atom is 0.335 e. The monoisotopic (exact) mass is 377 g/mol. The number of hydrogen-bond donors (Lipinski definition) is 3. The second kappa shape index (κ2) is 7.73. The van der Waals surface area contributed by atoms with E-state index in [0.29, 0.717) is 19.5 Å². The van der Waals surface area contributed by atoms with Crippen molar-refractivity contribution in [1.29, 1.82) is 0 Å². The maximum absolute atomic E-state index is 11.0. The molecule has 0 radical (unpaired) electrons. The molecule has 122 valence electrons. The van der Waals surface area contributed by atoms with Gasteiger partial charge in [-0.3, -0.25) is 0 Å². The normalized spacial score (nSPS) is 13.5. The van der Waals surface area contributed by atoms with Gasteiger partial charge in [-0.2, -0.15) is 0 Å². The summed E-state index contributed by atoms with van der Waals surface area (Å²) in [6, 6.07) is 14.4. The number of nitrogens with one attached hydrogen (secondary N) is 1. The fourth-order valence-corrected chi connectivity index (χ4v) is 2.68. The van der Waals surface area contributed by atoms with Gasteiger partial charge in [-0.15, -0.1) is 0 Å². The summed E-state index contributed by atoms with van der Waals surface area (Å²) in [4.78, 5) is 11.0. The summed E-state index contributed by atoms with van der Waals surface area (Å²) in [5.74, 6) is -0.938. The van der Waals surface area contributed by atoms with Gasteiger partial charge in [-0.05, 0) is 41.8 Å². The first kappa shape index (κ1) is 17.7. The number of benzene rings is 2. The van der Waals surface area contributed by atoms with Crippen LogP contribution in [-0.2, 0) is 12.1 Å². The van der Waals surface area contributed by atoms with Crippen molar-refractivity contribution in [2.75, 3.05) is 6.54 Å². The fourth-order valence-electron chi connectivity index (χ4n) is 2.42. The van der Waals surface area contributed by atoms with E-state index in [1.165, 1.54) is 0 Å². The summed E-state index contributed by atoms with van der Waals surface area (Å²) in [5, 5.41) is 23.1. The quantitative estimate of drug-likeness (QED) is 0.690. The van der Waals surface area contributed by atoms with E-state index in [1.54, 1.807) is 18.2 Å². The van der Waals surface area contributed by atoms with Crippen LogP contribution in [0.5, 0.6) is 0 Å². The molecular weight excluding hydrogens is 358 g/mol. The minimum absolute atomic E-state index is 0.267. The molecule has 5 heteroatoms. The van der Waals surface area contributed by atoms with E-state index in [-0.39, 0.29) is 5.56 Å². The zero-order valence-corrected chi connectivity index (χ0v) is 14.5. The highest BCUT2D eigenvalue weighted by atomic mass is 79.9. The van der Waals surface area contributed by atoms with Gasteiger partial charge in [0, 0.05) is 17.6 Å². The fraction of sp³-hybridized carbons (Fsp3) is 0.278. The Morgan fingerprint density at radius 2 is 1.91 bits per heavy atom. The van der Waals surface area contributed by atoms with Gasteiger partial charge in [0.05, 0.1) is 5.56 Å². The highest BCUT2D eigenvalue weighted by Gasteiger charge is 2.26. The summed E-state index contributed by atoms with van der Waals surface area (Å²) in [7, 11) is 0. The number of halogens is 1. The van der Waals surface area contributed by atoms with Crippen LogP contribution in [0, 0.1) is 0 Å². The first-order valence-corrected chi connectivity index (χ1v) is 8.25. The van der Waals surface area contributed by atoms with Gasteiger partial charge in [0.25, 0.3) is 0 Å². The zero-order valence-electron chi connectivity index (χ0n) is 12.9. The number of aromatic carboxylic acids is 1. The number of hydrogen-bond acceptors (Lipinski definition) is 3. The second-order valence-corrected chi connectivity index (χ2v) is 6.42. The lowest BCUT2D eigenvalue weighted by atomic mass is 9.91. The first-order valence-electron chi connectivity index (χ1n) is 7.46. The van der Waals surface area contributed by atoms with Crippen molar-refractivity contribution in [3.63, 3.8) is 0 Å². The molecule has 1 atom stereocenters. The molecule has 0 amide bonds. The number of aliphatic hydroxyl groups is 1. The number of carboxylic acids is 1. The van der Waals surface area contributed by atoms with Crippen molar-refractivity contribution in [1.82, 2.24) is 5.32 Å². The Bertz CT molecular complexity index is 672. The topological polar surface area (TPSA) is 69.6 Å². The standard InChI is InChI=1S/C18H20BrNO3/c1-2-18(23,15-6-8-16(19)9-7-15)12-20-11-13-4-3-5-14(10-13)17(21)22/h3-10,20,23H,2,11-12H2,1H3,(H,21,22).